The summed E-state index contributed by atoms with van der Waals surface area (Å²) in [4.78, 5) is 15.7. The number of amides is 1. The fourth-order valence-electron chi connectivity index (χ4n) is 0.593. The van der Waals surface area contributed by atoms with E-state index < -0.39 is 0 Å². The molecule has 0 N–H and O–H groups in total. The maximum absolute atomic E-state index is 11.0. The van der Waals surface area contributed by atoms with E-state index >= 15 is 0 Å². The molecule has 0 unspecified atom stereocenters. The van der Waals surface area contributed by atoms with Gasteiger partial charge < -0.3 is 0 Å². The first-order valence-corrected chi connectivity index (χ1v) is 3.81. The summed E-state index contributed by atoms with van der Waals surface area (Å²) in [6.07, 6.45) is 6.84. The van der Waals surface area contributed by atoms with Gasteiger partial charge in [-0.3, -0.25) is 9.63 Å². The van der Waals surface area contributed by atoms with E-state index in [1.54, 1.807) is 13.1 Å². The molecule has 0 bridgehead atoms. The van der Waals surface area contributed by atoms with Crippen molar-refractivity contribution in [1.29, 1.82) is 0 Å². The molecule has 3 heteroatoms. The number of hydrogen-bond acceptors (Lipinski definition) is 2. The highest BCUT2D eigenvalue weighted by molar-refractivity contribution is 5.86. The summed E-state index contributed by atoms with van der Waals surface area (Å²) in [5, 5.41) is 1.17. The molecule has 1 amide bonds. The fraction of sp³-hybridized carbons (Fsp3) is 0.444. The van der Waals surface area contributed by atoms with Gasteiger partial charge in [0.05, 0.1) is 7.11 Å². The predicted octanol–water partition coefficient (Wildman–Crippen LogP) is 1.53. The maximum Gasteiger partial charge on any atom is 0.269 e. The van der Waals surface area contributed by atoms with Crippen LogP contribution in [0.5, 0.6) is 0 Å². The maximum atomic E-state index is 11.0. The second-order valence-electron chi connectivity index (χ2n) is 2.29. The van der Waals surface area contributed by atoms with Crippen LogP contribution in [0.4, 0.5) is 0 Å². The van der Waals surface area contributed by atoms with Crippen LogP contribution in [0.1, 0.15) is 12.8 Å². The van der Waals surface area contributed by atoms with Crippen molar-refractivity contribution >= 4 is 5.91 Å². The fourth-order valence-corrected chi connectivity index (χ4v) is 0.593. The largest absolute Gasteiger partial charge is 0.274 e. The van der Waals surface area contributed by atoms with Crippen molar-refractivity contribution in [3.05, 3.63) is 24.8 Å². The Morgan fingerprint density at radius 3 is 2.75 bits per heavy atom. The van der Waals surface area contributed by atoms with Gasteiger partial charge in [0.25, 0.3) is 5.91 Å². The lowest BCUT2D eigenvalue weighted by Gasteiger charge is -2.09. The Morgan fingerprint density at radius 1 is 1.58 bits per heavy atom. The number of rotatable bonds is 5. The molecule has 68 valence electrons. The third-order valence-electron chi connectivity index (χ3n) is 1.38. The number of carbonyl (C=O) groups excluding carboxylic acids is 1. The predicted molar refractivity (Wildman–Crippen MR) is 48.4 cm³/mol. The Morgan fingerprint density at radius 2 is 2.25 bits per heavy atom. The van der Waals surface area contributed by atoms with Crippen LogP contribution in [0, 0.1) is 0 Å². The molecule has 3 nitrogen and oxygen atoms in total. The molecule has 0 radical (unpaired) electrons. The Labute approximate surface area is 73.3 Å². The van der Waals surface area contributed by atoms with Gasteiger partial charge in [0.2, 0.25) is 0 Å². The van der Waals surface area contributed by atoms with Crippen LogP contribution in [0.2, 0.25) is 0 Å². The number of likely N-dealkylation sites (N-methyl/N-ethyl adjacent to an activating group) is 1. The summed E-state index contributed by atoms with van der Waals surface area (Å²) in [5.74, 6) is -0.151. The van der Waals surface area contributed by atoms with Crippen LogP contribution >= 0.6 is 0 Å². The van der Waals surface area contributed by atoms with Crippen LogP contribution in [0.25, 0.3) is 0 Å². The first-order valence-electron chi connectivity index (χ1n) is 3.81. The molecule has 0 aliphatic carbocycles. The highest BCUT2D eigenvalue weighted by atomic mass is 16.7. The molecule has 0 heterocycles. The second kappa shape index (κ2) is 6.61. The first kappa shape index (κ1) is 10.9. The molecule has 0 atom stereocenters. The van der Waals surface area contributed by atoms with E-state index in [1.807, 2.05) is 6.08 Å². The molecule has 0 aromatic carbocycles. The minimum atomic E-state index is -0.151. The molecule has 12 heavy (non-hydrogen) atoms. The van der Waals surface area contributed by atoms with Gasteiger partial charge in [-0.05, 0) is 12.8 Å². The average molecular weight is 169 g/mol. The number of hydroxylamine groups is 2. The van der Waals surface area contributed by atoms with Crippen LogP contribution in [0.3, 0.4) is 0 Å². The van der Waals surface area contributed by atoms with Crippen molar-refractivity contribution in [3.8, 4) is 0 Å². The Balaban J connectivity index is 3.67. The highest BCUT2D eigenvalue weighted by Gasteiger charge is 2.00. The number of carbonyl (C=O) groups is 1. The molecule has 0 aromatic heterocycles. The van der Waals surface area contributed by atoms with E-state index in [2.05, 4.69) is 11.4 Å². The van der Waals surface area contributed by atoms with Gasteiger partial charge in [-0.15, -0.1) is 6.58 Å². The highest BCUT2D eigenvalue weighted by Crippen LogP contribution is 1.93. The van der Waals surface area contributed by atoms with Gasteiger partial charge >= 0.3 is 0 Å². The summed E-state index contributed by atoms with van der Waals surface area (Å²) < 4.78 is 0. The standard InChI is InChI=1S/C9H15NO2/c1-4-5-6-7-8-9(11)10(2)12-3/h4,7-8H,1,5-6H2,2-3H3/b8-7+. The quantitative estimate of drug-likeness (QED) is 0.270. The molecule has 0 saturated heterocycles. The molecule has 0 spiro atoms. The molecule has 0 saturated carbocycles. The summed E-state index contributed by atoms with van der Waals surface area (Å²) in [5.41, 5.74) is 0. The van der Waals surface area contributed by atoms with Gasteiger partial charge in [0, 0.05) is 13.1 Å². The van der Waals surface area contributed by atoms with Crippen molar-refractivity contribution in [2.75, 3.05) is 14.2 Å². The van der Waals surface area contributed by atoms with Crippen LogP contribution in [0.15, 0.2) is 24.8 Å². The monoisotopic (exact) mass is 169 g/mol. The topological polar surface area (TPSA) is 29.5 Å². The SMILES string of the molecule is C=CCC/C=C/C(=O)N(C)OC. The molecular formula is C9H15NO2. The summed E-state index contributed by atoms with van der Waals surface area (Å²) >= 11 is 0. The molecular weight excluding hydrogens is 154 g/mol. The molecule has 0 aromatic rings. The van der Waals surface area contributed by atoms with Crippen molar-refractivity contribution in [3.63, 3.8) is 0 Å². The summed E-state index contributed by atoms with van der Waals surface area (Å²) in [7, 11) is 3.02. The van der Waals surface area contributed by atoms with Crippen molar-refractivity contribution < 1.29 is 9.63 Å². The van der Waals surface area contributed by atoms with Crippen LogP contribution in [-0.4, -0.2) is 25.1 Å². The minimum absolute atomic E-state index is 0.151. The first-order chi connectivity index (χ1) is 5.72. The zero-order valence-corrected chi connectivity index (χ0v) is 7.62. The Bertz CT molecular complexity index is 175. The van der Waals surface area contributed by atoms with Crippen molar-refractivity contribution in [2.24, 2.45) is 0 Å². The molecule has 0 aliphatic heterocycles. The summed E-state index contributed by atoms with van der Waals surface area (Å²) in [6.45, 7) is 3.57. The van der Waals surface area contributed by atoms with Gasteiger partial charge in [-0.2, -0.15) is 0 Å². The molecule has 0 rings (SSSR count). The lowest BCUT2D eigenvalue weighted by atomic mass is 10.3. The zero-order chi connectivity index (χ0) is 9.40. The van der Waals surface area contributed by atoms with E-state index in [4.69, 9.17) is 0 Å². The number of unbranched alkanes of at least 4 members (excludes halogenated alkanes) is 1. The van der Waals surface area contributed by atoms with E-state index in [1.165, 1.54) is 18.2 Å². The van der Waals surface area contributed by atoms with Crippen molar-refractivity contribution in [2.45, 2.75) is 12.8 Å². The van der Waals surface area contributed by atoms with Crippen LogP contribution < -0.4 is 0 Å². The van der Waals surface area contributed by atoms with E-state index in [0.717, 1.165) is 12.8 Å². The lowest BCUT2D eigenvalue weighted by Crippen LogP contribution is -2.22. The second-order valence-corrected chi connectivity index (χ2v) is 2.29. The Hall–Kier alpha value is -1.09. The normalized spacial score (nSPS) is 10.2. The third-order valence-corrected chi connectivity index (χ3v) is 1.38. The minimum Gasteiger partial charge on any atom is -0.274 e. The lowest BCUT2D eigenvalue weighted by molar-refractivity contribution is -0.162. The van der Waals surface area contributed by atoms with E-state index in [9.17, 15) is 4.79 Å². The van der Waals surface area contributed by atoms with Crippen molar-refractivity contribution in [1.82, 2.24) is 5.06 Å². The van der Waals surface area contributed by atoms with Crippen LogP contribution in [-0.2, 0) is 9.63 Å². The number of hydrogen-bond donors (Lipinski definition) is 0. The number of nitrogens with zero attached hydrogens (tertiary/aromatic N) is 1. The molecule has 0 aliphatic rings. The zero-order valence-electron chi connectivity index (χ0n) is 7.62. The van der Waals surface area contributed by atoms with E-state index in [-0.39, 0.29) is 5.91 Å². The van der Waals surface area contributed by atoms with Gasteiger partial charge in [-0.25, -0.2) is 5.06 Å². The van der Waals surface area contributed by atoms with Gasteiger partial charge in [-0.1, -0.05) is 12.2 Å². The van der Waals surface area contributed by atoms with Gasteiger partial charge in [0.1, 0.15) is 0 Å². The number of allylic oxidation sites excluding steroid dienone is 2. The van der Waals surface area contributed by atoms with E-state index in [0.29, 0.717) is 0 Å². The summed E-state index contributed by atoms with van der Waals surface area (Å²) in [6, 6.07) is 0. The van der Waals surface area contributed by atoms with Gasteiger partial charge in [0.15, 0.2) is 0 Å². The smallest absolute Gasteiger partial charge is 0.269 e. The Kier molecular flexibility index (Phi) is 6.01. The average Bonchev–Trinajstić information content (AvgIpc) is 2.10. The molecule has 0 fully saturated rings. The third kappa shape index (κ3) is 4.68.